The number of fused-ring (bicyclic) bond motifs is 2. The van der Waals surface area contributed by atoms with Gasteiger partial charge >= 0.3 is 0 Å². The Bertz CT molecular complexity index is 902. The smallest absolute Gasteiger partial charge is 0.123 e. The molecule has 2 aromatic carbocycles. The third kappa shape index (κ3) is 15.5. The molecule has 0 unspecified atom stereocenters. The fourth-order valence-electron chi connectivity index (χ4n) is 5.93. The molecule has 0 bridgehead atoms. The van der Waals surface area contributed by atoms with Crippen molar-refractivity contribution in [1.82, 2.24) is 16.0 Å². The standard InChI is InChI=1S/C38H63N3O2/c1-3-5-7-9-11-13-15-17-33-19-21-37-35(29-33)31-40-25-23-39-24-26-41-32-36-30-34(18-16-14-12-10-8-6-4-2)20-22-38(36)43-28-27-42-37/h19-22,29-30,39-41H,3-18,23-28,31-32H2,1-2H3. The monoisotopic (exact) mass is 593 g/mol. The number of nitrogens with one attached hydrogen (secondary N) is 3. The predicted octanol–water partition coefficient (Wildman–Crippen LogP) is 8.51. The molecule has 242 valence electrons. The van der Waals surface area contributed by atoms with Gasteiger partial charge in [-0.05, 0) is 48.9 Å². The number of rotatable bonds is 16. The van der Waals surface area contributed by atoms with E-state index in [0.29, 0.717) is 13.2 Å². The van der Waals surface area contributed by atoms with Crippen LogP contribution in [0.5, 0.6) is 11.5 Å². The van der Waals surface area contributed by atoms with Gasteiger partial charge in [-0.2, -0.15) is 0 Å². The number of unbranched alkanes of at least 4 members (excludes halogenated alkanes) is 12. The van der Waals surface area contributed by atoms with Gasteiger partial charge in [-0.1, -0.05) is 115 Å². The number of aryl methyl sites for hydroxylation is 2. The van der Waals surface area contributed by atoms with E-state index < -0.39 is 0 Å². The zero-order valence-corrected chi connectivity index (χ0v) is 27.8. The van der Waals surface area contributed by atoms with E-state index in [1.807, 2.05) is 0 Å². The lowest BCUT2D eigenvalue weighted by Gasteiger charge is -2.16. The second-order valence-electron chi connectivity index (χ2n) is 12.4. The Hall–Kier alpha value is -2.08. The summed E-state index contributed by atoms with van der Waals surface area (Å²) in [6, 6.07) is 13.6. The van der Waals surface area contributed by atoms with Crippen LogP contribution >= 0.6 is 0 Å². The Morgan fingerprint density at radius 3 is 1.33 bits per heavy atom. The predicted molar refractivity (Wildman–Crippen MR) is 184 cm³/mol. The van der Waals surface area contributed by atoms with E-state index in [2.05, 4.69) is 66.2 Å². The molecule has 0 atom stereocenters. The average Bonchev–Trinajstić information content (AvgIpc) is 3.02. The molecule has 0 aromatic heterocycles. The van der Waals surface area contributed by atoms with Crippen molar-refractivity contribution in [2.24, 2.45) is 0 Å². The van der Waals surface area contributed by atoms with Gasteiger partial charge in [0.05, 0.1) is 0 Å². The summed E-state index contributed by atoms with van der Waals surface area (Å²) in [7, 11) is 0. The fraction of sp³-hybridized carbons (Fsp3) is 0.684. The van der Waals surface area contributed by atoms with Crippen LogP contribution in [0.1, 0.15) is 126 Å². The minimum Gasteiger partial charge on any atom is -0.490 e. The Labute approximate surface area is 264 Å². The number of hydrogen-bond acceptors (Lipinski definition) is 5. The SMILES string of the molecule is CCCCCCCCCc1ccc2c(c1)CNCCNCCNCc1cc(CCCCCCCCC)ccc1OCCO2. The van der Waals surface area contributed by atoms with Crippen LogP contribution in [0.2, 0.25) is 0 Å². The molecule has 3 N–H and O–H groups in total. The van der Waals surface area contributed by atoms with E-state index in [0.717, 1.165) is 63.6 Å². The highest BCUT2D eigenvalue weighted by molar-refractivity contribution is 5.38. The first-order chi connectivity index (χ1) is 21.3. The Morgan fingerprint density at radius 2 is 0.884 bits per heavy atom. The van der Waals surface area contributed by atoms with Gasteiger partial charge in [0, 0.05) is 50.4 Å². The van der Waals surface area contributed by atoms with Gasteiger partial charge in [0.25, 0.3) is 0 Å². The number of benzene rings is 2. The number of hydrogen-bond donors (Lipinski definition) is 3. The van der Waals surface area contributed by atoms with Crippen molar-refractivity contribution in [3.63, 3.8) is 0 Å². The van der Waals surface area contributed by atoms with Gasteiger partial charge in [-0.15, -0.1) is 0 Å². The molecule has 0 aliphatic carbocycles. The molecule has 3 rings (SSSR count). The van der Waals surface area contributed by atoms with Crippen LogP contribution in [0, 0.1) is 0 Å². The van der Waals surface area contributed by atoms with Gasteiger partial charge in [0.2, 0.25) is 0 Å². The van der Waals surface area contributed by atoms with Crippen molar-refractivity contribution in [3.05, 3.63) is 58.7 Å². The molecule has 0 fully saturated rings. The van der Waals surface area contributed by atoms with Crippen LogP contribution in [0.15, 0.2) is 36.4 Å². The Kier molecular flexibility index (Phi) is 19.2. The van der Waals surface area contributed by atoms with E-state index in [1.165, 1.54) is 112 Å². The Balaban J connectivity index is 1.53. The third-order valence-electron chi connectivity index (χ3n) is 8.57. The lowest BCUT2D eigenvalue weighted by molar-refractivity contribution is 0.214. The van der Waals surface area contributed by atoms with Crippen molar-refractivity contribution in [2.75, 3.05) is 39.4 Å². The largest absolute Gasteiger partial charge is 0.490 e. The second kappa shape index (κ2) is 23.3. The normalized spacial score (nSPS) is 15.1. The van der Waals surface area contributed by atoms with Crippen molar-refractivity contribution in [1.29, 1.82) is 0 Å². The third-order valence-corrected chi connectivity index (χ3v) is 8.57. The molecule has 0 radical (unpaired) electrons. The highest BCUT2D eigenvalue weighted by Crippen LogP contribution is 2.24. The molecular formula is C38H63N3O2. The molecule has 1 heterocycles. The highest BCUT2D eigenvalue weighted by Gasteiger charge is 2.09. The molecule has 0 spiro atoms. The van der Waals surface area contributed by atoms with Crippen LogP contribution in [0.3, 0.4) is 0 Å². The summed E-state index contributed by atoms with van der Waals surface area (Å²) >= 11 is 0. The zero-order chi connectivity index (χ0) is 30.2. The van der Waals surface area contributed by atoms with Crippen LogP contribution in [0.4, 0.5) is 0 Å². The summed E-state index contributed by atoms with van der Waals surface area (Å²) in [5.41, 5.74) is 5.35. The maximum Gasteiger partial charge on any atom is 0.123 e. The van der Waals surface area contributed by atoms with Crippen molar-refractivity contribution in [3.8, 4) is 11.5 Å². The molecule has 1 aliphatic rings. The summed E-state index contributed by atoms with van der Waals surface area (Å²) in [5, 5.41) is 10.8. The summed E-state index contributed by atoms with van der Waals surface area (Å²) < 4.78 is 12.6. The van der Waals surface area contributed by atoms with Gasteiger partial charge in [-0.3, -0.25) is 0 Å². The Morgan fingerprint density at radius 1 is 0.488 bits per heavy atom. The molecule has 43 heavy (non-hydrogen) atoms. The molecule has 0 saturated carbocycles. The molecule has 2 aromatic rings. The summed E-state index contributed by atoms with van der Waals surface area (Å²) in [4.78, 5) is 0. The fourth-order valence-corrected chi connectivity index (χ4v) is 5.93. The topological polar surface area (TPSA) is 54.5 Å². The highest BCUT2D eigenvalue weighted by atomic mass is 16.5. The first kappa shape index (κ1) is 35.4. The van der Waals surface area contributed by atoms with E-state index >= 15 is 0 Å². The molecule has 0 saturated heterocycles. The number of ether oxygens (including phenoxy) is 2. The van der Waals surface area contributed by atoms with Crippen LogP contribution < -0.4 is 25.4 Å². The molecule has 1 aliphatic heterocycles. The maximum absolute atomic E-state index is 6.29. The van der Waals surface area contributed by atoms with Gasteiger partial charge in [0.1, 0.15) is 24.7 Å². The van der Waals surface area contributed by atoms with E-state index in [-0.39, 0.29) is 0 Å². The van der Waals surface area contributed by atoms with Crippen molar-refractivity contribution < 1.29 is 9.47 Å². The first-order valence-corrected chi connectivity index (χ1v) is 17.9. The minimum atomic E-state index is 0.540. The van der Waals surface area contributed by atoms with Crippen molar-refractivity contribution >= 4 is 0 Å². The first-order valence-electron chi connectivity index (χ1n) is 17.9. The van der Waals surface area contributed by atoms with Gasteiger partial charge in [-0.25, -0.2) is 0 Å². The van der Waals surface area contributed by atoms with E-state index in [4.69, 9.17) is 9.47 Å². The molecule has 5 heteroatoms. The van der Waals surface area contributed by atoms with Crippen molar-refractivity contribution in [2.45, 2.75) is 130 Å². The molecular weight excluding hydrogens is 530 g/mol. The average molecular weight is 594 g/mol. The summed E-state index contributed by atoms with van der Waals surface area (Å²) in [5.74, 6) is 1.95. The molecule has 5 nitrogen and oxygen atoms in total. The minimum absolute atomic E-state index is 0.540. The lowest BCUT2D eigenvalue weighted by atomic mass is 10.0. The molecule has 0 amide bonds. The second-order valence-corrected chi connectivity index (χ2v) is 12.4. The quantitative estimate of drug-likeness (QED) is 0.170. The van der Waals surface area contributed by atoms with E-state index in [1.54, 1.807) is 0 Å². The summed E-state index contributed by atoms with van der Waals surface area (Å²) in [6.07, 6.45) is 21.1. The lowest BCUT2D eigenvalue weighted by Crippen LogP contribution is -2.32. The van der Waals surface area contributed by atoms with E-state index in [9.17, 15) is 0 Å². The van der Waals surface area contributed by atoms with Crippen LogP contribution in [-0.4, -0.2) is 39.4 Å². The van der Waals surface area contributed by atoms with Gasteiger partial charge in [0.15, 0.2) is 0 Å². The van der Waals surface area contributed by atoms with Crippen LogP contribution in [-0.2, 0) is 25.9 Å². The zero-order valence-electron chi connectivity index (χ0n) is 27.8. The summed E-state index contributed by atoms with van der Waals surface area (Å²) in [6.45, 7) is 11.1. The maximum atomic E-state index is 6.29. The van der Waals surface area contributed by atoms with Gasteiger partial charge < -0.3 is 25.4 Å². The van der Waals surface area contributed by atoms with Crippen LogP contribution in [0.25, 0.3) is 0 Å².